The van der Waals surface area contributed by atoms with Crippen LogP contribution in [0.4, 0.5) is 0 Å². The molecule has 2 saturated heterocycles. The fraction of sp³-hybridized carbons (Fsp3) is 0.423. The molecule has 2 aromatic rings. The maximum atomic E-state index is 12.9. The molecule has 0 saturated carbocycles. The molecule has 1 unspecified atom stereocenters. The number of aliphatic carboxylic acids is 2. The number of hydrogen-bond acceptors (Lipinski definition) is 4. The summed E-state index contributed by atoms with van der Waals surface area (Å²) in [6.45, 7) is 6.61. The minimum absolute atomic E-state index is 0.181. The average Bonchev–Trinajstić information content (AvgIpc) is 2.85. The molecule has 7 nitrogen and oxygen atoms in total. The number of amides is 1. The van der Waals surface area contributed by atoms with Crippen molar-refractivity contribution in [1.29, 1.82) is 0 Å². The molecule has 0 aliphatic carbocycles. The lowest BCUT2D eigenvalue weighted by molar-refractivity contribution is -0.159. The van der Waals surface area contributed by atoms with E-state index in [1.807, 2.05) is 35.2 Å². The Hall–Kier alpha value is -3.19. The molecule has 0 spiro atoms. The number of carbonyl (C=O) groups excluding carboxylic acids is 1. The largest absolute Gasteiger partial charge is 0.473 e. The van der Waals surface area contributed by atoms with Crippen LogP contribution in [-0.2, 0) is 9.59 Å². The lowest BCUT2D eigenvalue weighted by atomic mass is 9.95. The summed E-state index contributed by atoms with van der Waals surface area (Å²) in [7, 11) is 0. The Bertz CT molecular complexity index is 925. The summed E-state index contributed by atoms with van der Waals surface area (Å²) in [6, 6.07) is 19.0. The zero-order valence-corrected chi connectivity index (χ0v) is 19.0. The first kappa shape index (κ1) is 24.5. The number of carboxylic acid groups (broad SMARTS) is 2. The van der Waals surface area contributed by atoms with E-state index in [4.69, 9.17) is 19.8 Å². The SMILES string of the molecule is CC1CCCN(C2CCN(C(=O)c3ccc(-c4ccccc4)cc3)CC2)C1.O=C(O)C(=O)O. The van der Waals surface area contributed by atoms with Gasteiger partial charge < -0.3 is 15.1 Å². The molecule has 1 atom stereocenters. The Morgan fingerprint density at radius 2 is 1.36 bits per heavy atom. The van der Waals surface area contributed by atoms with E-state index in [2.05, 4.69) is 36.1 Å². The van der Waals surface area contributed by atoms with Gasteiger partial charge in [0, 0.05) is 31.2 Å². The minimum Gasteiger partial charge on any atom is -0.473 e. The molecule has 0 aromatic heterocycles. The number of carboxylic acids is 2. The first-order valence-corrected chi connectivity index (χ1v) is 11.5. The highest BCUT2D eigenvalue weighted by atomic mass is 16.4. The molecule has 7 heteroatoms. The molecule has 33 heavy (non-hydrogen) atoms. The van der Waals surface area contributed by atoms with Crippen molar-refractivity contribution in [2.75, 3.05) is 26.2 Å². The van der Waals surface area contributed by atoms with Gasteiger partial charge in [-0.3, -0.25) is 9.69 Å². The Morgan fingerprint density at radius 1 is 0.788 bits per heavy atom. The molecule has 2 N–H and O–H groups in total. The van der Waals surface area contributed by atoms with Crippen LogP contribution < -0.4 is 0 Å². The highest BCUT2D eigenvalue weighted by molar-refractivity contribution is 6.27. The smallest absolute Gasteiger partial charge is 0.414 e. The summed E-state index contributed by atoms with van der Waals surface area (Å²) in [4.78, 5) is 35.8. The van der Waals surface area contributed by atoms with Crippen LogP contribution >= 0.6 is 0 Å². The maximum Gasteiger partial charge on any atom is 0.414 e. The van der Waals surface area contributed by atoms with E-state index in [1.54, 1.807) is 0 Å². The second kappa shape index (κ2) is 11.6. The van der Waals surface area contributed by atoms with E-state index >= 15 is 0 Å². The van der Waals surface area contributed by atoms with E-state index in [9.17, 15) is 4.79 Å². The van der Waals surface area contributed by atoms with Gasteiger partial charge >= 0.3 is 11.9 Å². The number of benzene rings is 2. The summed E-state index contributed by atoms with van der Waals surface area (Å²) in [5, 5.41) is 14.8. The second-order valence-electron chi connectivity index (χ2n) is 8.82. The van der Waals surface area contributed by atoms with Gasteiger partial charge in [0.1, 0.15) is 0 Å². The van der Waals surface area contributed by atoms with Crippen LogP contribution in [0.3, 0.4) is 0 Å². The summed E-state index contributed by atoms with van der Waals surface area (Å²) in [6.07, 6.45) is 4.92. The van der Waals surface area contributed by atoms with Crippen molar-refractivity contribution in [3.63, 3.8) is 0 Å². The topological polar surface area (TPSA) is 98.2 Å². The third kappa shape index (κ3) is 6.89. The first-order chi connectivity index (χ1) is 15.8. The molecule has 0 radical (unpaired) electrons. The normalized spacial score (nSPS) is 19.3. The zero-order valence-electron chi connectivity index (χ0n) is 19.0. The molecule has 2 fully saturated rings. The van der Waals surface area contributed by atoms with E-state index in [0.717, 1.165) is 43.0 Å². The van der Waals surface area contributed by atoms with Gasteiger partial charge in [0.2, 0.25) is 0 Å². The molecular formula is C26H32N2O5. The van der Waals surface area contributed by atoms with Gasteiger partial charge in [0.25, 0.3) is 5.91 Å². The van der Waals surface area contributed by atoms with Crippen molar-refractivity contribution in [2.45, 2.75) is 38.6 Å². The van der Waals surface area contributed by atoms with Crippen LogP contribution in [0.2, 0.25) is 0 Å². The van der Waals surface area contributed by atoms with Crippen molar-refractivity contribution in [3.05, 3.63) is 60.2 Å². The minimum atomic E-state index is -1.82. The van der Waals surface area contributed by atoms with Gasteiger partial charge in [-0.25, -0.2) is 9.59 Å². The van der Waals surface area contributed by atoms with Crippen LogP contribution in [0.1, 0.15) is 43.0 Å². The van der Waals surface area contributed by atoms with Gasteiger partial charge in [-0.15, -0.1) is 0 Å². The molecule has 0 bridgehead atoms. The monoisotopic (exact) mass is 452 g/mol. The van der Waals surface area contributed by atoms with Gasteiger partial charge in [-0.1, -0.05) is 49.4 Å². The number of likely N-dealkylation sites (tertiary alicyclic amines) is 2. The van der Waals surface area contributed by atoms with Crippen molar-refractivity contribution in [1.82, 2.24) is 9.80 Å². The molecule has 176 valence electrons. The summed E-state index contributed by atoms with van der Waals surface area (Å²) in [5.74, 6) is -2.65. The van der Waals surface area contributed by atoms with Crippen LogP contribution in [0.5, 0.6) is 0 Å². The molecule has 2 aromatic carbocycles. The third-order valence-electron chi connectivity index (χ3n) is 6.38. The van der Waals surface area contributed by atoms with Crippen LogP contribution in [0, 0.1) is 5.92 Å². The number of hydrogen-bond donors (Lipinski definition) is 2. The van der Waals surface area contributed by atoms with Gasteiger partial charge in [-0.2, -0.15) is 0 Å². The van der Waals surface area contributed by atoms with E-state index in [1.165, 1.54) is 31.5 Å². The quantitative estimate of drug-likeness (QED) is 0.687. The highest BCUT2D eigenvalue weighted by Crippen LogP contribution is 2.25. The summed E-state index contributed by atoms with van der Waals surface area (Å²) in [5.41, 5.74) is 3.15. The predicted molar refractivity (Wildman–Crippen MR) is 126 cm³/mol. The number of piperidine rings is 2. The van der Waals surface area contributed by atoms with Crippen molar-refractivity contribution in [3.8, 4) is 11.1 Å². The van der Waals surface area contributed by atoms with Crippen LogP contribution in [0.15, 0.2) is 54.6 Å². The second-order valence-corrected chi connectivity index (χ2v) is 8.82. The molecular weight excluding hydrogens is 420 g/mol. The van der Waals surface area contributed by atoms with Gasteiger partial charge in [-0.05, 0) is 61.4 Å². The maximum absolute atomic E-state index is 12.9. The predicted octanol–water partition coefficient (Wildman–Crippen LogP) is 3.85. The Labute approximate surface area is 194 Å². The first-order valence-electron chi connectivity index (χ1n) is 11.5. The third-order valence-corrected chi connectivity index (χ3v) is 6.38. The number of nitrogens with zero attached hydrogens (tertiary/aromatic N) is 2. The fourth-order valence-corrected chi connectivity index (χ4v) is 4.61. The van der Waals surface area contributed by atoms with Crippen LogP contribution in [-0.4, -0.2) is 70.1 Å². The summed E-state index contributed by atoms with van der Waals surface area (Å²) >= 11 is 0. The number of rotatable bonds is 3. The number of carbonyl (C=O) groups is 3. The van der Waals surface area contributed by atoms with Gasteiger partial charge in [0.05, 0.1) is 0 Å². The molecule has 1 amide bonds. The highest BCUT2D eigenvalue weighted by Gasteiger charge is 2.29. The van der Waals surface area contributed by atoms with Crippen molar-refractivity contribution >= 4 is 17.8 Å². The average molecular weight is 453 g/mol. The molecule has 2 heterocycles. The van der Waals surface area contributed by atoms with Crippen molar-refractivity contribution in [2.24, 2.45) is 5.92 Å². The molecule has 2 aliphatic rings. The Balaban J connectivity index is 0.000000454. The summed E-state index contributed by atoms with van der Waals surface area (Å²) < 4.78 is 0. The Morgan fingerprint density at radius 3 is 1.91 bits per heavy atom. The van der Waals surface area contributed by atoms with Crippen LogP contribution in [0.25, 0.3) is 11.1 Å². The van der Waals surface area contributed by atoms with Crippen molar-refractivity contribution < 1.29 is 24.6 Å². The van der Waals surface area contributed by atoms with E-state index in [-0.39, 0.29) is 5.91 Å². The standard InChI is InChI=1S/C24H30N2O.C2H2O4/c1-19-6-5-15-26(18-19)23-13-16-25(17-14-23)24(27)22-11-9-21(10-12-22)20-7-3-2-4-8-20;3-1(4)2(5)6/h2-4,7-12,19,23H,5-6,13-18H2,1H3;(H,3,4)(H,5,6). The lowest BCUT2D eigenvalue weighted by Gasteiger charge is -2.41. The van der Waals surface area contributed by atoms with E-state index in [0.29, 0.717) is 6.04 Å². The molecule has 4 rings (SSSR count). The van der Waals surface area contributed by atoms with Gasteiger partial charge in [0.15, 0.2) is 0 Å². The lowest BCUT2D eigenvalue weighted by Crippen LogP contribution is -2.49. The zero-order chi connectivity index (χ0) is 23.8. The van der Waals surface area contributed by atoms with E-state index < -0.39 is 11.9 Å². The fourth-order valence-electron chi connectivity index (χ4n) is 4.61. The molecule has 2 aliphatic heterocycles. The Kier molecular flexibility index (Phi) is 8.60.